The number of carbonyl (C=O) groups excluding carboxylic acids is 2. The number of aryl methyl sites for hydroxylation is 1. The Bertz CT molecular complexity index is 732. The number of amides is 2. The van der Waals surface area contributed by atoms with Gasteiger partial charge in [0.1, 0.15) is 12.5 Å². The van der Waals surface area contributed by atoms with Crippen LogP contribution in [-0.4, -0.2) is 36.2 Å². The Morgan fingerprint density at radius 1 is 1.15 bits per heavy atom. The van der Waals surface area contributed by atoms with E-state index in [1.54, 1.807) is 12.5 Å². The van der Waals surface area contributed by atoms with Gasteiger partial charge in [-0.1, -0.05) is 0 Å². The van der Waals surface area contributed by atoms with Crippen molar-refractivity contribution in [2.24, 2.45) is 5.92 Å². The van der Waals surface area contributed by atoms with Crippen LogP contribution in [0.2, 0.25) is 0 Å². The summed E-state index contributed by atoms with van der Waals surface area (Å²) in [6, 6.07) is 1.98. The van der Waals surface area contributed by atoms with Crippen molar-refractivity contribution < 1.29 is 19.1 Å². The van der Waals surface area contributed by atoms with E-state index in [-0.39, 0.29) is 24.0 Å². The van der Waals surface area contributed by atoms with Crippen LogP contribution < -0.4 is 10.2 Å². The molecule has 0 bridgehead atoms. The zero-order valence-electron chi connectivity index (χ0n) is 14.8. The summed E-state index contributed by atoms with van der Waals surface area (Å²) in [7, 11) is 0. The Kier molecular flexibility index (Phi) is 4.53. The lowest BCUT2D eigenvalue weighted by Gasteiger charge is -2.35. The topological polar surface area (TPSA) is 80.8 Å². The molecule has 0 aromatic carbocycles. The van der Waals surface area contributed by atoms with Crippen molar-refractivity contribution in [3.63, 3.8) is 0 Å². The van der Waals surface area contributed by atoms with Crippen molar-refractivity contribution in [3.05, 3.63) is 36.0 Å². The molecule has 1 atom stereocenters. The number of nitrogens with zero attached hydrogens (tertiary/aromatic N) is 2. The first-order valence-electron chi connectivity index (χ1n) is 9.13. The zero-order chi connectivity index (χ0) is 18.1. The SMILES string of the molecule is Cc1cc(C2CCC(=O)NC2=O)ncc1N1CCC(C2OC=CO2)CC1. The average molecular weight is 357 g/mol. The maximum atomic E-state index is 12.1. The molecule has 2 fully saturated rings. The fourth-order valence-corrected chi connectivity index (χ4v) is 3.95. The molecule has 1 aromatic rings. The fraction of sp³-hybridized carbons (Fsp3) is 0.526. The molecule has 7 nitrogen and oxygen atoms in total. The van der Waals surface area contributed by atoms with Crippen molar-refractivity contribution in [1.29, 1.82) is 0 Å². The summed E-state index contributed by atoms with van der Waals surface area (Å²) in [6.45, 7) is 3.90. The monoisotopic (exact) mass is 357 g/mol. The third-order valence-electron chi connectivity index (χ3n) is 5.45. The molecule has 3 aliphatic heterocycles. The Balaban J connectivity index is 1.42. The number of piperidine rings is 2. The number of pyridine rings is 1. The molecule has 1 unspecified atom stereocenters. The maximum absolute atomic E-state index is 12.1. The summed E-state index contributed by atoms with van der Waals surface area (Å²) >= 11 is 0. The molecular weight excluding hydrogens is 334 g/mol. The van der Waals surface area contributed by atoms with Gasteiger partial charge in [-0.3, -0.25) is 19.9 Å². The smallest absolute Gasteiger partial charge is 0.242 e. The van der Waals surface area contributed by atoms with Crippen molar-refractivity contribution in [2.75, 3.05) is 18.0 Å². The van der Waals surface area contributed by atoms with Crippen LogP contribution in [0.1, 0.15) is 42.9 Å². The standard InChI is InChI=1S/C19H23N3O4/c1-12-10-15(14-2-3-17(23)21-18(14)24)20-11-16(12)22-6-4-13(5-7-22)19-25-8-9-26-19/h8-11,13-14,19H,2-7H2,1H3,(H,21,23,24). The minimum Gasteiger partial charge on any atom is -0.459 e. The molecule has 4 rings (SSSR count). The number of ether oxygens (including phenoxy) is 2. The number of nitrogens with one attached hydrogen (secondary N) is 1. The average Bonchev–Trinajstić information content (AvgIpc) is 3.16. The minimum atomic E-state index is -0.338. The first-order chi connectivity index (χ1) is 12.6. The molecule has 0 aliphatic carbocycles. The Hall–Kier alpha value is -2.57. The van der Waals surface area contributed by atoms with Crippen LogP contribution in [0.15, 0.2) is 24.8 Å². The second kappa shape index (κ2) is 6.97. The van der Waals surface area contributed by atoms with Gasteiger partial charge in [-0.05, 0) is 37.8 Å². The van der Waals surface area contributed by atoms with Crippen molar-refractivity contribution in [1.82, 2.24) is 10.3 Å². The molecule has 138 valence electrons. The lowest BCUT2D eigenvalue weighted by Crippen LogP contribution is -2.40. The largest absolute Gasteiger partial charge is 0.459 e. The van der Waals surface area contributed by atoms with Gasteiger partial charge in [0.15, 0.2) is 0 Å². The molecule has 4 heterocycles. The summed E-state index contributed by atoms with van der Waals surface area (Å²) in [5, 5.41) is 2.40. The summed E-state index contributed by atoms with van der Waals surface area (Å²) in [4.78, 5) is 30.2. The first kappa shape index (κ1) is 16.9. The molecular formula is C19H23N3O4. The Labute approximate surface area is 152 Å². The highest BCUT2D eigenvalue weighted by molar-refractivity contribution is 6.00. The summed E-state index contributed by atoms with van der Waals surface area (Å²) in [5.74, 6) is -0.382. The Morgan fingerprint density at radius 2 is 1.88 bits per heavy atom. The normalized spacial score (nSPS) is 24.3. The van der Waals surface area contributed by atoms with E-state index >= 15 is 0 Å². The van der Waals surface area contributed by atoms with Gasteiger partial charge in [0.25, 0.3) is 0 Å². The maximum Gasteiger partial charge on any atom is 0.242 e. The van der Waals surface area contributed by atoms with Crippen LogP contribution in [0, 0.1) is 12.8 Å². The van der Waals surface area contributed by atoms with Crippen LogP contribution >= 0.6 is 0 Å². The van der Waals surface area contributed by atoms with E-state index in [0.29, 0.717) is 18.8 Å². The van der Waals surface area contributed by atoms with Crippen molar-refractivity contribution in [2.45, 2.75) is 44.8 Å². The van der Waals surface area contributed by atoms with Gasteiger partial charge >= 0.3 is 0 Å². The quantitative estimate of drug-likeness (QED) is 0.833. The second-order valence-corrected chi connectivity index (χ2v) is 7.14. The number of imide groups is 1. The predicted octanol–water partition coefficient (Wildman–Crippen LogP) is 1.97. The van der Waals surface area contributed by atoms with E-state index in [1.807, 2.05) is 19.2 Å². The lowest BCUT2D eigenvalue weighted by molar-refractivity contribution is -0.134. The number of hydrogen-bond donors (Lipinski definition) is 1. The lowest BCUT2D eigenvalue weighted by atomic mass is 9.92. The van der Waals surface area contributed by atoms with Crippen LogP contribution in [0.3, 0.4) is 0 Å². The van der Waals surface area contributed by atoms with Gasteiger partial charge in [-0.2, -0.15) is 0 Å². The van der Waals surface area contributed by atoms with E-state index in [2.05, 4.69) is 15.2 Å². The van der Waals surface area contributed by atoms with Crippen molar-refractivity contribution >= 4 is 17.5 Å². The van der Waals surface area contributed by atoms with Crippen molar-refractivity contribution in [3.8, 4) is 0 Å². The highest BCUT2D eigenvalue weighted by atomic mass is 16.7. The fourth-order valence-electron chi connectivity index (χ4n) is 3.95. The van der Waals surface area contributed by atoms with Gasteiger partial charge in [-0.25, -0.2) is 0 Å². The molecule has 0 saturated carbocycles. The van der Waals surface area contributed by atoms with Crippen LogP contribution in [-0.2, 0) is 19.1 Å². The molecule has 26 heavy (non-hydrogen) atoms. The molecule has 0 radical (unpaired) electrons. The van der Waals surface area contributed by atoms with E-state index in [0.717, 1.165) is 42.9 Å². The minimum absolute atomic E-state index is 0.147. The van der Waals surface area contributed by atoms with Gasteiger partial charge in [-0.15, -0.1) is 0 Å². The molecule has 2 saturated heterocycles. The molecule has 1 aromatic heterocycles. The van der Waals surface area contributed by atoms with Crippen LogP contribution in [0.5, 0.6) is 0 Å². The number of hydrogen-bond acceptors (Lipinski definition) is 6. The number of carbonyl (C=O) groups is 2. The number of aromatic nitrogens is 1. The third kappa shape index (κ3) is 3.25. The van der Waals surface area contributed by atoms with E-state index in [9.17, 15) is 9.59 Å². The molecule has 3 aliphatic rings. The number of rotatable bonds is 3. The number of anilines is 1. The van der Waals surface area contributed by atoms with Gasteiger partial charge in [0.05, 0.1) is 23.5 Å². The van der Waals surface area contributed by atoms with E-state index in [1.165, 1.54) is 0 Å². The van der Waals surface area contributed by atoms with Crippen LogP contribution in [0.4, 0.5) is 5.69 Å². The molecule has 0 spiro atoms. The molecule has 1 N–H and O–H groups in total. The highest BCUT2D eigenvalue weighted by Crippen LogP contribution is 2.32. The van der Waals surface area contributed by atoms with Gasteiger partial charge < -0.3 is 14.4 Å². The zero-order valence-corrected chi connectivity index (χ0v) is 14.8. The summed E-state index contributed by atoms with van der Waals surface area (Å²) in [5.41, 5.74) is 2.95. The molecule has 7 heteroatoms. The predicted molar refractivity (Wildman–Crippen MR) is 94.1 cm³/mol. The van der Waals surface area contributed by atoms with Gasteiger partial charge in [0.2, 0.25) is 18.1 Å². The summed E-state index contributed by atoms with van der Waals surface area (Å²) in [6.07, 6.45) is 7.83. The van der Waals surface area contributed by atoms with Crippen LogP contribution in [0.25, 0.3) is 0 Å². The van der Waals surface area contributed by atoms with E-state index < -0.39 is 0 Å². The highest BCUT2D eigenvalue weighted by Gasteiger charge is 2.32. The van der Waals surface area contributed by atoms with E-state index in [4.69, 9.17) is 9.47 Å². The van der Waals surface area contributed by atoms with Gasteiger partial charge in [0, 0.05) is 25.4 Å². The first-order valence-corrected chi connectivity index (χ1v) is 9.13. The summed E-state index contributed by atoms with van der Waals surface area (Å²) < 4.78 is 10.9. The second-order valence-electron chi connectivity index (χ2n) is 7.14. The Morgan fingerprint density at radius 3 is 2.54 bits per heavy atom. The third-order valence-corrected chi connectivity index (χ3v) is 5.45. The molecule has 2 amide bonds.